The number of nitrogens with zero attached hydrogens (tertiary/aromatic N) is 1. The summed E-state index contributed by atoms with van der Waals surface area (Å²) < 4.78 is 5.02. The SMILES string of the molecule is COc1cc(N)c(C#CC2CCCC(C)C2)cn1. The first-order chi connectivity index (χ1) is 8.69. The standard InChI is InChI=1S/C15H20N2O/c1-11-4-3-5-12(8-11)6-7-13-10-17-15(18-2)9-14(13)16/h9-12H,3-5,8H2,1-2H3,(H2,16,17). The first-order valence-corrected chi connectivity index (χ1v) is 6.50. The Hall–Kier alpha value is -1.69. The Labute approximate surface area is 109 Å². The number of anilines is 1. The highest BCUT2D eigenvalue weighted by Gasteiger charge is 2.16. The zero-order valence-electron chi connectivity index (χ0n) is 11.1. The second-order valence-electron chi connectivity index (χ2n) is 5.05. The van der Waals surface area contributed by atoms with Crippen LogP contribution in [-0.4, -0.2) is 12.1 Å². The Morgan fingerprint density at radius 3 is 2.94 bits per heavy atom. The maximum absolute atomic E-state index is 5.92. The number of hydrogen-bond acceptors (Lipinski definition) is 3. The Balaban J connectivity index is 2.09. The normalized spacial score (nSPS) is 23.0. The van der Waals surface area contributed by atoms with Gasteiger partial charge in [0.05, 0.1) is 18.4 Å². The van der Waals surface area contributed by atoms with Gasteiger partial charge in [-0.2, -0.15) is 0 Å². The topological polar surface area (TPSA) is 48.1 Å². The third-order valence-electron chi connectivity index (χ3n) is 3.47. The number of rotatable bonds is 1. The van der Waals surface area contributed by atoms with Gasteiger partial charge in [-0.25, -0.2) is 4.98 Å². The maximum Gasteiger partial charge on any atom is 0.215 e. The number of aromatic nitrogens is 1. The number of nitrogens with two attached hydrogens (primary N) is 1. The van der Waals surface area contributed by atoms with Crippen molar-refractivity contribution in [3.8, 4) is 17.7 Å². The van der Waals surface area contributed by atoms with Crippen molar-refractivity contribution in [3.05, 3.63) is 17.8 Å². The van der Waals surface area contributed by atoms with E-state index in [0.29, 0.717) is 17.5 Å². The molecule has 1 fully saturated rings. The van der Waals surface area contributed by atoms with E-state index in [0.717, 1.165) is 11.5 Å². The molecule has 3 nitrogen and oxygen atoms in total. The number of ether oxygens (including phenoxy) is 1. The molecule has 2 N–H and O–H groups in total. The summed E-state index contributed by atoms with van der Waals surface area (Å²) in [6, 6.07) is 1.72. The second kappa shape index (κ2) is 5.77. The van der Waals surface area contributed by atoms with Crippen molar-refractivity contribution in [1.29, 1.82) is 0 Å². The van der Waals surface area contributed by atoms with Gasteiger partial charge in [0.1, 0.15) is 0 Å². The molecule has 1 aliphatic carbocycles. The summed E-state index contributed by atoms with van der Waals surface area (Å²) in [5.74, 6) is 8.33. The number of nitrogen functional groups attached to an aromatic ring is 1. The highest BCUT2D eigenvalue weighted by molar-refractivity contribution is 5.56. The molecule has 0 aliphatic heterocycles. The van der Waals surface area contributed by atoms with Crippen LogP contribution in [0.3, 0.4) is 0 Å². The number of pyridine rings is 1. The van der Waals surface area contributed by atoms with E-state index in [-0.39, 0.29) is 0 Å². The van der Waals surface area contributed by atoms with Crippen LogP contribution in [-0.2, 0) is 0 Å². The molecular weight excluding hydrogens is 224 g/mol. The molecule has 1 aromatic rings. The van der Waals surface area contributed by atoms with Gasteiger partial charge in [0.25, 0.3) is 0 Å². The molecule has 0 bridgehead atoms. The van der Waals surface area contributed by atoms with Crippen molar-refractivity contribution in [1.82, 2.24) is 4.98 Å². The fraction of sp³-hybridized carbons (Fsp3) is 0.533. The van der Waals surface area contributed by atoms with Crippen molar-refractivity contribution in [2.45, 2.75) is 32.6 Å². The van der Waals surface area contributed by atoms with E-state index in [1.54, 1.807) is 19.4 Å². The summed E-state index contributed by atoms with van der Waals surface area (Å²) in [5, 5.41) is 0. The third kappa shape index (κ3) is 3.16. The molecule has 0 amide bonds. The third-order valence-corrected chi connectivity index (χ3v) is 3.47. The molecule has 2 atom stereocenters. The Kier molecular flexibility index (Phi) is 4.09. The van der Waals surface area contributed by atoms with E-state index in [9.17, 15) is 0 Å². The molecular formula is C15H20N2O. The van der Waals surface area contributed by atoms with Crippen LogP contribution in [0, 0.1) is 23.7 Å². The van der Waals surface area contributed by atoms with Crippen molar-refractivity contribution in [2.75, 3.05) is 12.8 Å². The quantitative estimate of drug-likeness (QED) is 0.773. The predicted octanol–water partition coefficient (Wildman–Crippen LogP) is 2.85. The van der Waals surface area contributed by atoms with Crippen LogP contribution < -0.4 is 10.5 Å². The summed E-state index contributed by atoms with van der Waals surface area (Å²) >= 11 is 0. The molecule has 2 rings (SSSR count). The molecule has 0 aromatic carbocycles. The lowest BCUT2D eigenvalue weighted by atomic mass is 9.83. The minimum atomic E-state index is 0.509. The summed E-state index contributed by atoms with van der Waals surface area (Å²) in [6.07, 6.45) is 6.73. The van der Waals surface area contributed by atoms with E-state index in [1.165, 1.54) is 25.7 Å². The van der Waals surface area contributed by atoms with Crippen LogP contribution in [0.1, 0.15) is 38.2 Å². The van der Waals surface area contributed by atoms with Gasteiger partial charge in [-0.3, -0.25) is 0 Å². The van der Waals surface area contributed by atoms with Crippen LogP contribution in [0.15, 0.2) is 12.3 Å². The minimum absolute atomic E-state index is 0.509. The molecule has 0 spiro atoms. The lowest BCUT2D eigenvalue weighted by Gasteiger charge is -2.22. The van der Waals surface area contributed by atoms with E-state index < -0.39 is 0 Å². The van der Waals surface area contributed by atoms with Crippen molar-refractivity contribution in [2.24, 2.45) is 11.8 Å². The molecule has 1 saturated carbocycles. The fourth-order valence-electron chi connectivity index (χ4n) is 2.41. The first-order valence-electron chi connectivity index (χ1n) is 6.50. The van der Waals surface area contributed by atoms with E-state index in [2.05, 4.69) is 23.7 Å². The predicted molar refractivity (Wildman–Crippen MR) is 73.2 cm³/mol. The monoisotopic (exact) mass is 244 g/mol. The lowest BCUT2D eigenvalue weighted by molar-refractivity contribution is 0.333. The van der Waals surface area contributed by atoms with Crippen LogP contribution in [0.25, 0.3) is 0 Å². The van der Waals surface area contributed by atoms with Gasteiger partial charge in [-0.15, -0.1) is 0 Å². The second-order valence-corrected chi connectivity index (χ2v) is 5.05. The highest BCUT2D eigenvalue weighted by atomic mass is 16.5. The van der Waals surface area contributed by atoms with Crippen molar-refractivity contribution < 1.29 is 4.74 Å². The molecule has 2 unspecified atom stereocenters. The molecule has 3 heteroatoms. The average molecular weight is 244 g/mol. The summed E-state index contributed by atoms with van der Waals surface area (Å²) in [6.45, 7) is 2.30. The van der Waals surface area contributed by atoms with Gasteiger partial charge >= 0.3 is 0 Å². The van der Waals surface area contributed by atoms with Gasteiger partial charge in [0, 0.05) is 18.2 Å². The lowest BCUT2D eigenvalue weighted by Crippen LogP contribution is -2.11. The fourth-order valence-corrected chi connectivity index (χ4v) is 2.41. The number of methoxy groups -OCH3 is 1. The highest BCUT2D eigenvalue weighted by Crippen LogP contribution is 2.28. The first kappa shape index (κ1) is 12.8. The summed E-state index contributed by atoms with van der Waals surface area (Å²) in [7, 11) is 1.58. The molecule has 0 saturated heterocycles. The van der Waals surface area contributed by atoms with Crippen LogP contribution >= 0.6 is 0 Å². The maximum atomic E-state index is 5.92. The van der Waals surface area contributed by atoms with Crippen molar-refractivity contribution >= 4 is 5.69 Å². The zero-order valence-corrected chi connectivity index (χ0v) is 11.1. The van der Waals surface area contributed by atoms with Gasteiger partial charge in [0.2, 0.25) is 5.88 Å². The van der Waals surface area contributed by atoms with Gasteiger partial charge < -0.3 is 10.5 Å². The van der Waals surface area contributed by atoms with E-state index in [4.69, 9.17) is 10.5 Å². The molecule has 1 heterocycles. The molecule has 1 aromatic heterocycles. The smallest absolute Gasteiger partial charge is 0.215 e. The molecule has 1 aliphatic rings. The molecule has 0 radical (unpaired) electrons. The van der Waals surface area contributed by atoms with Crippen molar-refractivity contribution in [3.63, 3.8) is 0 Å². The van der Waals surface area contributed by atoms with Gasteiger partial charge in [0.15, 0.2) is 0 Å². The van der Waals surface area contributed by atoms with Gasteiger partial charge in [-0.1, -0.05) is 31.6 Å². The van der Waals surface area contributed by atoms with Crippen LogP contribution in [0.4, 0.5) is 5.69 Å². The molecule has 96 valence electrons. The minimum Gasteiger partial charge on any atom is -0.481 e. The van der Waals surface area contributed by atoms with Gasteiger partial charge in [-0.05, 0) is 18.8 Å². The zero-order chi connectivity index (χ0) is 13.0. The molecule has 18 heavy (non-hydrogen) atoms. The summed E-state index contributed by atoms with van der Waals surface area (Å²) in [5.41, 5.74) is 7.35. The Morgan fingerprint density at radius 1 is 1.44 bits per heavy atom. The largest absolute Gasteiger partial charge is 0.481 e. The Morgan fingerprint density at radius 2 is 2.28 bits per heavy atom. The van der Waals surface area contributed by atoms with Crippen LogP contribution in [0.2, 0.25) is 0 Å². The average Bonchev–Trinajstić information content (AvgIpc) is 2.37. The Bertz CT molecular complexity index is 473. The van der Waals surface area contributed by atoms with E-state index in [1.807, 2.05) is 0 Å². The van der Waals surface area contributed by atoms with E-state index >= 15 is 0 Å². The summed E-state index contributed by atoms with van der Waals surface area (Å²) in [4.78, 5) is 4.13. The number of hydrogen-bond donors (Lipinski definition) is 1. The van der Waals surface area contributed by atoms with Crippen LogP contribution in [0.5, 0.6) is 5.88 Å².